The number of carbonyl (C=O) groups excluding carboxylic acids is 1. The fourth-order valence-electron chi connectivity index (χ4n) is 5.58. The van der Waals surface area contributed by atoms with Gasteiger partial charge in [-0.2, -0.15) is 0 Å². The summed E-state index contributed by atoms with van der Waals surface area (Å²) in [6.07, 6.45) is 5.89. The smallest absolute Gasteiger partial charge is 0.254 e. The molecule has 2 fully saturated rings. The minimum atomic E-state index is 0. The van der Waals surface area contributed by atoms with Crippen LogP contribution in [0.3, 0.4) is 0 Å². The summed E-state index contributed by atoms with van der Waals surface area (Å²) in [4.78, 5) is 17.9. The average Bonchev–Trinajstić information content (AvgIpc) is 2.98. The third-order valence-corrected chi connectivity index (χ3v) is 6.81. The highest BCUT2D eigenvalue weighted by molar-refractivity contribution is 5.94. The zero-order valence-electron chi connectivity index (χ0n) is 16.3. The van der Waals surface area contributed by atoms with E-state index in [1.807, 2.05) is 30.3 Å². The zero-order chi connectivity index (χ0) is 18.2. The fourth-order valence-corrected chi connectivity index (χ4v) is 5.58. The molecule has 3 nitrogen and oxygen atoms in total. The maximum Gasteiger partial charge on any atom is 0.254 e. The van der Waals surface area contributed by atoms with Crippen molar-refractivity contribution in [3.05, 3.63) is 71.3 Å². The summed E-state index contributed by atoms with van der Waals surface area (Å²) in [6, 6.07) is 19.6. The number of piperidine rings is 1. The second kappa shape index (κ2) is 8.26. The van der Waals surface area contributed by atoms with Crippen LogP contribution < -0.4 is 0 Å². The molecule has 0 aliphatic carbocycles. The number of hydrogen-bond acceptors (Lipinski definition) is 2. The van der Waals surface area contributed by atoms with Crippen molar-refractivity contribution < 1.29 is 4.79 Å². The number of hydrogen-bond donors (Lipinski definition) is 0. The third-order valence-electron chi connectivity index (χ3n) is 6.81. The predicted octanol–water partition coefficient (Wildman–Crippen LogP) is 4.55. The van der Waals surface area contributed by atoms with Crippen molar-refractivity contribution in [3.63, 3.8) is 0 Å². The van der Waals surface area contributed by atoms with Crippen LogP contribution in [0.5, 0.6) is 0 Å². The van der Waals surface area contributed by atoms with Gasteiger partial charge in [0.25, 0.3) is 5.91 Å². The van der Waals surface area contributed by atoms with Crippen molar-refractivity contribution in [2.24, 2.45) is 5.92 Å². The molecule has 2 aromatic carbocycles. The van der Waals surface area contributed by atoms with Crippen molar-refractivity contribution in [1.82, 2.24) is 9.80 Å². The van der Waals surface area contributed by atoms with E-state index >= 15 is 0 Å². The summed E-state index contributed by atoms with van der Waals surface area (Å²) in [7, 11) is 0. The van der Waals surface area contributed by atoms with Gasteiger partial charge in [-0.05, 0) is 61.3 Å². The van der Waals surface area contributed by atoms with Gasteiger partial charge in [0.05, 0.1) is 0 Å². The maximum absolute atomic E-state index is 13.0. The molecule has 2 atom stereocenters. The minimum Gasteiger partial charge on any atom is -0.333 e. The van der Waals surface area contributed by atoms with Gasteiger partial charge in [-0.25, -0.2) is 0 Å². The third kappa shape index (κ3) is 3.70. The predicted molar refractivity (Wildman–Crippen MR) is 115 cm³/mol. The highest BCUT2D eigenvalue weighted by atomic mass is 35.5. The van der Waals surface area contributed by atoms with Crippen LogP contribution in [-0.2, 0) is 13.0 Å². The molecule has 148 valence electrons. The molecule has 2 aromatic rings. The Labute approximate surface area is 174 Å². The van der Waals surface area contributed by atoms with Crippen LogP contribution in [0.25, 0.3) is 0 Å². The average molecular weight is 397 g/mol. The Morgan fingerprint density at radius 1 is 0.893 bits per heavy atom. The summed E-state index contributed by atoms with van der Waals surface area (Å²) in [5, 5.41) is 0. The van der Waals surface area contributed by atoms with Gasteiger partial charge in [0.1, 0.15) is 0 Å². The van der Waals surface area contributed by atoms with E-state index in [9.17, 15) is 4.79 Å². The van der Waals surface area contributed by atoms with Gasteiger partial charge in [0.2, 0.25) is 0 Å². The SMILES string of the molecule is Cl.O=C(c1ccccc1)N1C2CCC1CC(CN1CCc3ccccc3C1)C2. The van der Waals surface area contributed by atoms with Gasteiger partial charge in [-0.3, -0.25) is 9.69 Å². The first kappa shape index (κ1) is 19.5. The number of benzene rings is 2. The van der Waals surface area contributed by atoms with Crippen molar-refractivity contribution >= 4 is 18.3 Å². The molecule has 2 unspecified atom stereocenters. The van der Waals surface area contributed by atoms with Gasteiger partial charge in [0, 0.05) is 37.3 Å². The van der Waals surface area contributed by atoms with Gasteiger partial charge in [-0.1, -0.05) is 42.5 Å². The summed E-state index contributed by atoms with van der Waals surface area (Å²) in [5.74, 6) is 0.973. The number of fused-ring (bicyclic) bond motifs is 3. The van der Waals surface area contributed by atoms with E-state index in [2.05, 4.69) is 34.1 Å². The number of rotatable bonds is 3. The summed E-state index contributed by atoms with van der Waals surface area (Å²) in [6.45, 7) is 3.46. The molecule has 2 bridgehead atoms. The molecule has 3 aliphatic rings. The normalized spacial score (nSPS) is 26.4. The van der Waals surface area contributed by atoms with Crippen molar-refractivity contribution in [3.8, 4) is 0 Å². The molecule has 3 aliphatic heterocycles. The van der Waals surface area contributed by atoms with Crippen LogP contribution in [-0.4, -0.2) is 40.9 Å². The number of amides is 1. The second-order valence-corrected chi connectivity index (χ2v) is 8.55. The van der Waals surface area contributed by atoms with E-state index in [0.29, 0.717) is 12.1 Å². The van der Waals surface area contributed by atoms with Crippen LogP contribution in [0.4, 0.5) is 0 Å². The van der Waals surface area contributed by atoms with E-state index < -0.39 is 0 Å². The first-order valence-corrected chi connectivity index (χ1v) is 10.4. The molecule has 28 heavy (non-hydrogen) atoms. The van der Waals surface area contributed by atoms with E-state index in [4.69, 9.17) is 0 Å². The Bertz CT molecular complexity index is 810. The molecule has 0 saturated carbocycles. The lowest BCUT2D eigenvalue weighted by molar-refractivity contribution is 0.0475. The van der Waals surface area contributed by atoms with E-state index in [1.165, 1.54) is 56.3 Å². The van der Waals surface area contributed by atoms with Gasteiger partial charge in [-0.15, -0.1) is 12.4 Å². The van der Waals surface area contributed by atoms with Crippen LogP contribution >= 0.6 is 12.4 Å². The lowest BCUT2D eigenvalue weighted by atomic mass is 9.88. The lowest BCUT2D eigenvalue weighted by Gasteiger charge is -2.41. The van der Waals surface area contributed by atoms with E-state index in [1.54, 1.807) is 0 Å². The molecule has 4 heteroatoms. The Morgan fingerprint density at radius 3 is 2.25 bits per heavy atom. The molecule has 2 saturated heterocycles. The number of nitrogens with zero attached hydrogens (tertiary/aromatic N) is 2. The molecule has 0 spiro atoms. The van der Waals surface area contributed by atoms with Crippen LogP contribution in [0.1, 0.15) is 47.2 Å². The first-order chi connectivity index (χ1) is 13.3. The monoisotopic (exact) mass is 396 g/mol. The van der Waals surface area contributed by atoms with Crippen LogP contribution in [0, 0.1) is 5.92 Å². The van der Waals surface area contributed by atoms with Crippen molar-refractivity contribution in [2.45, 2.75) is 50.7 Å². The van der Waals surface area contributed by atoms with Crippen molar-refractivity contribution in [2.75, 3.05) is 13.1 Å². The second-order valence-electron chi connectivity index (χ2n) is 8.55. The lowest BCUT2D eigenvalue weighted by Crippen LogP contribution is -2.48. The van der Waals surface area contributed by atoms with E-state index in [-0.39, 0.29) is 18.3 Å². The summed E-state index contributed by atoms with van der Waals surface area (Å²) >= 11 is 0. The molecule has 0 aromatic heterocycles. The fraction of sp³-hybridized carbons (Fsp3) is 0.458. The number of carbonyl (C=O) groups is 1. The molecule has 0 radical (unpaired) electrons. The Kier molecular flexibility index (Phi) is 5.75. The Balaban J connectivity index is 0.00000192. The summed E-state index contributed by atoms with van der Waals surface area (Å²) < 4.78 is 0. The quantitative estimate of drug-likeness (QED) is 0.759. The molecule has 0 N–H and O–H groups in total. The Morgan fingerprint density at radius 2 is 1.54 bits per heavy atom. The van der Waals surface area contributed by atoms with Gasteiger partial charge < -0.3 is 4.90 Å². The molecule has 3 heterocycles. The minimum absolute atomic E-state index is 0. The topological polar surface area (TPSA) is 23.6 Å². The number of halogens is 1. The maximum atomic E-state index is 13.0. The molecule has 1 amide bonds. The first-order valence-electron chi connectivity index (χ1n) is 10.4. The molecular formula is C24H29ClN2O. The van der Waals surface area contributed by atoms with Crippen LogP contribution in [0.15, 0.2) is 54.6 Å². The Hall–Kier alpha value is -1.84. The highest BCUT2D eigenvalue weighted by Gasteiger charge is 2.43. The van der Waals surface area contributed by atoms with Gasteiger partial charge >= 0.3 is 0 Å². The standard InChI is InChI=1S/C24H28N2O.ClH/c27-24(20-7-2-1-3-8-20)26-22-10-11-23(26)15-18(14-22)16-25-13-12-19-6-4-5-9-21(19)17-25;/h1-9,18,22-23H,10-17H2;1H. The van der Waals surface area contributed by atoms with Gasteiger partial charge in [0.15, 0.2) is 0 Å². The largest absolute Gasteiger partial charge is 0.333 e. The van der Waals surface area contributed by atoms with Crippen molar-refractivity contribution in [1.29, 1.82) is 0 Å². The molecular weight excluding hydrogens is 368 g/mol. The highest BCUT2D eigenvalue weighted by Crippen LogP contribution is 2.40. The zero-order valence-corrected chi connectivity index (χ0v) is 17.1. The van der Waals surface area contributed by atoms with E-state index in [0.717, 1.165) is 18.0 Å². The van der Waals surface area contributed by atoms with Crippen LogP contribution in [0.2, 0.25) is 0 Å². The molecule has 5 rings (SSSR count). The summed E-state index contributed by atoms with van der Waals surface area (Å²) in [5.41, 5.74) is 3.88.